The SMILES string of the molecule is NCCCCn1nnnc1Cc1nc2ccccc2[nH]1. The Labute approximate surface area is 116 Å². The second kappa shape index (κ2) is 5.79. The van der Waals surface area contributed by atoms with Gasteiger partial charge in [-0.05, 0) is 41.9 Å². The van der Waals surface area contributed by atoms with E-state index in [1.807, 2.05) is 28.9 Å². The summed E-state index contributed by atoms with van der Waals surface area (Å²) in [6.45, 7) is 1.49. The number of hydrogen-bond acceptors (Lipinski definition) is 5. The number of fused-ring (bicyclic) bond motifs is 1. The van der Waals surface area contributed by atoms with Crippen molar-refractivity contribution in [3.8, 4) is 0 Å². The van der Waals surface area contributed by atoms with E-state index < -0.39 is 0 Å². The maximum atomic E-state index is 5.50. The highest BCUT2D eigenvalue weighted by Crippen LogP contribution is 2.12. The molecule has 0 saturated carbocycles. The molecule has 0 aliphatic rings. The van der Waals surface area contributed by atoms with E-state index in [1.165, 1.54) is 0 Å². The Balaban J connectivity index is 1.75. The van der Waals surface area contributed by atoms with Crippen LogP contribution in [-0.2, 0) is 13.0 Å². The van der Waals surface area contributed by atoms with Gasteiger partial charge in [0.05, 0.1) is 17.5 Å². The quantitative estimate of drug-likeness (QED) is 0.648. The Hall–Kier alpha value is -2.28. The molecular formula is C13H17N7. The molecule has 0 unspecified atom stereocenters. The number of benzene rings is 1. The van der Waals surface area contributed by atoms with Crippen LogP contribution in [0.3, 0.4) is 0 Å². The van der Waals surface area contributed by atoms with E-state index in [0.29, 0.717) is 13.0 Å². The van der Waals surface area contributed by atoms with E-state index in [0.717, 1.165) is 42.1 Å². The average Bonchev–Trinajstić information content (AvgIpc) is 3.06. The summed E-state index contributed by atoms with van der Waals surface area (Å²) in [4.78, 5) is 7.83. The predicted molar refractivity (Wildman–Crippen MR) is 75.0 cm³/mol. The summed E-state index contributed by atoms with van der Waals surface area (Å²) in [7, 11) is 0. The van der Waals surface area contributed by atoms with Crippen molar-refractivity contribution >= 4 is 11.0 Å². The molecule has 1 aromatic carbocycles. The number of imidazole rings is 1. The number of aryl methyl sites for hydroxylation is 1. The van der Waals surface area contributed by atoms with Crippen molar-refractivity contribution in [3.63, 3.8) is 0 Å². The first-order valence-corrected chi connectivity index (χ1v) is 6.75. The summed E-state index contributed by atoms with van der Waals surface area (Å²) in [6.07, 6.45) is 2.56. The number of para-hydroxylation sites is 2. The summed E-state index contributed by atoms with van der Waals surface area (Å²) in [5, 5.41) is 11.8. The molecular weight excluding hydrogens is 254 g/mol. The van der Waals surface area contributed by atoms with E-state index in [1.54, 1.807) is 0 Å². The monoisotopic (exact) mass is 271 g/mol. The number of tetrazole rings is 1. The molecule has 7 nitrogen and oxygen atoms in total. The van der Waals surface area contributed by atoms with Crippen molar-refractivity contribution in [2.45, 2.75) is 25.8 Å². The summed E-state index contributed by atoms with van der Waals surface area (Å²) >= 11 is 0. The van der Waals surface area contributed by atoms with Gasteiger partial charge in [0, 0.05) is 6.54 Å². The van der Waals surface area contributed by atoms with Gasteiger partial charge in [-0.15, -0.1) is 5.10 Å². The molecule has 0 radical (unpaired) electrons. The number of aromatic nitrogens is 6. The van der Waals surface area contributed by atoms with Gasteiger partial charge in [0.25, 0.3) is 0 Å². The molecule has 3 aromatic rings. The minimum Gasteiger partial charge on any atom is -0.342 e. The highest BCUT2D eigenvalue weighted by Gasteiger charge is 2.10. The van der Waals surface area contributed by atoms with Crippen LogP contribution in [0.2, 0.25) is 0 Å². The smallest absolute Gasteiger partial charge is 0.158 e. The Morgan fingerprint density at radius 3 is 2.95 bits per heavy atom. The van der Waals surface area contributed by atoms with Crippen LogP contribution in [0.15, 0.2) is 24.3 Å². The normalized spacial score (nSPS) is 11.2. The van der Waals surface area contributed by atoms with Crippen LogP contribution in [0.1, 0.15) is 24.5 Å². The van der Waals surface area contributed by atoms with Crippen molar-refractivity contribution in [1.82, 2.24) is 30.2 Å². The first-order chi connectivity index (χ1) is 9.86. The van der Waals surface area contributed by atoms with Gasteiger partial charge in [-0.25, -0.2) is 9.67 Å². The highest BCUT2D eigenvalue weighted by molar-refractivity contribution is 5.74. The molecule has 0 atom stereocenters. The second-order valence-corrected chi connectivity index (χ2v) is 4.69. The van der Waals surface area contributed by atoms with Gasteiger partial charge in [0.1, 0.15) is 5.82 Å². The molecule has 7 heteroatoms. The zero-order chi connectivity index (χ0) is 13.8. The number of nitrogens with one attached hydrogen (secondary N) is 1. The number of aromatic amines is 1. The van der Waals surface area contributed by atoms with Gasteiger partial charge in [-0.2, -0.15) is 0 Å². The molecule has 0 saturated heterocycles. The minimum atomic E-state index is 0.601. The summed E-state index contributed by atoms with van der Waals surface area (Å²) < 4.78 is 1.82. The molecule has 3 N–H and O–H groups in total. The molecule has 0 spiro atoms. The molecule has 2 heterocycles. The van der Waals surface area contributed by atoms with Gasteiger partial charge in [-0.3, -0.25) is 0 Å². The molecule has 2 aromatic heterocycles. The van der Waals surface area contributed by atoms with Gasteiger partial charge < -0.3 is 10.7 Å². The lowest BCUT2D eigenvalue weighted by Gasteiger charge is -2.02. The molecule has 0 aliphatic heterocycles. The molecule has 0 bridgehead atoms. The maximum absolute atomic E-state index is 5.50. The van der Waals surface area contributed by atoms with Gasteiger partial charge in [0.2, 0.25) is 0 Å². The zero-order valence-corrected chi connectivity index (χ0v) is 11.2. The van der Waals surface area contributed by atoms with E-state index in [-0.39, 0.29) is 0 Å². The van der Waals surface area contributed by atoms with Crippen LogP contribution in [-0.4, -0.2) is 36.7 Å². The topological polar surface area (TPSA) is 98.3 Å². The van der Waals surface area contributed by atoms with Crippen LogP contribution in [0, 0.1) is 0 Å². The fourth-order valence-electron chi connectivity index (χ4n) is 2.17. The minimum absolute atomic E-state index is 0.601. The predicted octanol–water partition coefficient (Wildman–Crippen LogP) is 0.879. The van der Waals surface area contributed by atoms with Gasteiger partial charge >= 0.3 is 0 Å². The first-order valence-electron chi connectivity index (χ1n) is 6.75. The third-order valence-corrected chi connectivity index (χ3v) is 3.19. The lowest BCUT2D eigenvalue weighted by molar-refractivity contribution is 0.528. The van der Waals surface area contributed by atoms with E-state index in [2.05, 4.69) is 25.5 Å². The van der Waals surface area contributed by atoms with Crippen molar-refractivity contribution < 1.29 is 0 Å². The fourth-order valence-corrected chi connectivity index (χ4v) is 2.17. The molecule has 0 fully saturated rings. The Morgan fingerprint density at radius 1 is 1.20 bits per heavy atom. The number of nitrogens with zero attached hydrogens (tertiary/aromatic N) is 5. The number of H-pyrrole nitrogens is 1. The van der Waals surface area contributed by atoms with Crippen molar-refractivity contribution in [2.75, 3.05) is 6.54 Å². The van der Waals surface area contributed by atoms with Gasteiger partial charge in [0.15, 0.2) is 5.82 Å². The number of hydrogen-bond donors (Lipinski definition) is 2. The maximum Gasteiger partial charge on any atom is 0.158 e. The third kappa shape index (κ3) is 2.67. The third-order valence-electron chi connectivity index (χ3n) is 3.19. The fraction of sp³-hybridized carbons (Fsp3) is 0.385. The summed E-state index contributed by atoms with van der Waals surface area (Å²) in [5.74, 6) is 1.70. The molecule has 20 heavy (non-hydrogen) atoms. The van der Waals surface area contributed by atoms with Crippen molar-refractivity contribution in [3.05, 3.63) is 35.9 Å². The Kier molecular flexibility index (Phi) is 3.69. The van der Waals surface area contributed by atoms with Gasteiger partial charge in [-0.1, -0.05) is 12.1 Å². The van der Waals surface area contributed by atoms with E-state index in [4.69, 9.17) is 5.73 Å². The van der Waals surface area contributed by atoms with Crippen LogP contribution >= 0.6 is 0 Å². The number of nitrogens with two attached hydrogens (primary N) is 1. The standard InChI is InChI=1S/C13H17N7/c14-7-3-4-8-20-13(17-18-19-20)9-12-15-10-5-1-2-6-11(10)16-12/h1-2,5-6H,3-4,7-9,14H2,(H,15,16). The highest BCUT2D eigenvalue weighted by atomic mass is 15.5. The lowest BCUT2D eigenvalue weighted by atomic mass is 10.3. The Morgan fingerprint density at radius 2 is 2.10 bits per heavy atom. The number of rotatable bonds is 6. The summed E-state index contributed by atoms with van der Waals surface area (Å²) in [6, 6.07) is 7.96. The molecule has 3 rings (SSSR count). The lowest BCUT2D eigenvalue weighted by Crippen LogP contribution is -2.09. The van der Waals surface area contributed by atoms with Crippen molar-refractivity contribution in [2.24, 2.45) is 5.73 Å². The van der Waals surface area contributed by atoms with Crippen LogP contribution < -0.4 is 5.73 Å². The molecule has 104 valence electrons. The van der Waals surface area contributed by atoms with Crippen LogP contribution in [0.4, 0.5) is 0 Å². The Bertz CT molecular complexity index is 652. The zero-order valence-electron chi connectivity index (χ0n) is 11.2. The summed E-state index contributed by atoms with van der Waals surface area (Å²) in [5.41, 5.74) is 7.49. The average molecular weight is 271 g/mol. The van der Waals surface area contributed by atoms with Crippen LogP contribution in [0.5, 0.6) is 0 Å². The number of unbranched alkanes of at least 4 members (excludes halogenated alkanes) is 1. The van der Waals surface area contributed by atoms with E-state index in [9.17, 15) is 0 Å². The molecule has 0 aliphatic carbocycles. The molecule has 0 amide bonds. The van der Waals surface area contributed by atoms with Crippen molar-refractivity contribution in [1.29, 1.82) is 0 Å². The second-order valence-electron chi connectivity index (χ2n) is 4.69. The largest absolute Gasteiger partial charge is 0.342 e. The van der Waals surface area contributed by atoms with E-state index >= 15 is 0 Å². The first kappa shape index (κ1) is 12.7. The van der Waals surface area contributed by atoms with Crippen LogP contribution in [0.25, 0.3) is 11.0 Å².